The van der Waals surface area contributed by atoms with Crippen molar-refractivity contribution in [1.29, 1.82) is 0 Å². The summed E-state index contributed by atoms with van der Waals surface area (Å²) in [6.45, 7) is 7.09. The van der Waals surface area contributed by atoms with E-state index in [2.05, 4.69) is 69.3 Å². The standard InChI is InChI=1S/C34H50/c1-4-7-8-27(6-3)25-28-11-15-30(16-12-28)32-19-23-34(24-20-32)33-21-17-31(18-22-33)29-13-9-26(5-2)10-14-29/h17-24,26-30H,4-16,25H2,1-3H3/t26-,27?,28-,29-,30-. The Labute approximate surface area is 211 Å². The van der Waals surface area contributed by atoms with Gasteiger partial charge in [0.2, 0.25) is 0 Å². The fourth-order valence-electron chi connectivity index (χ4n) is 6.98. The highest BCUT2D eigenvalue weighted by molar-refractivity contribution is 5.64. The normalized spacial score (nSPS) is 26.3. The van der Waals surface area contributed by atoms with Crippen molar-refractivity contribution in [1.82, 2.24) is 0 Å². The van der Waals surface area contributed by atoms with Gasteiger partial charge in [-0.2, -0.15) is 0 Å². The number of hydrogen-bond acceptors (Lipinski definition) is 0. The average Bonchev–Trinajstić information content (AvgIpc) is 2.91. The molecule has 2 aromatic carbocycles. The molecule has 1 atom stereocenters. The van der Waals surface area contributed by atoms with Crippen LogP contribution in [0.1, 0.15) is 134 Å². The Morgan fingerprint density at radius 3 is 1.50 bits per heavy atom. The molecule has 0 nitrogen and oxygen atoms in total. The lowest BCUT2D eigenvalue weighted by molar-refractivity contribution is 0.256. The van der Waals surface area contributed by atoms with Gasteiger partial charge in [-0.1, -0.05) is 101 Å². The lowest BCUT2D eigenvalue weighted by Crippen LogP contribution is -2.16. The quantitative estimate of drug-likeness (QED) is 0.332. The first-order chi connectivity index (χ1) is 16.7. The molecule has 1 unspecified atom stereocenters. The molecule has 2 aliphatic rings. The minimum absolute atomic E-state index is 0.779. The van der Waals surface area contributed by atoms with Crippen LogP contribution in [-0.4, -0.2) is 0 Å². The van der Waals surface area contributed by atoms with Crippen LogP contribution < -0.4 is 0 Å². The summed E-state index contributed by atoms with van der Waals surface area (Å²) in [5.74, 6) is 4.49. The Kier molecular flexibility index (Phi) is 9.72. The zero-order valence-corrected chi connectivity index (χ0v) is 22.4. The number of unbranched alkanes of at least 4 members (excludes halogenated alkanes) is 1. The molecule has 2 fully saturated rings. The summed E-state index contributed by atoms with van der Waals surface area (Å²) in [4.78, 5) is 0. The van der Waals surface area contributed by atoms with Crippen LogP contribution in [0.5, 0.6) is 0 Å². The third-order valence-electron chi connectivity index (χ3n) is 9.58. The van der Waals surface area contributed by atoms with E-state index in [9.17, 15) is 0 Å². The fourth-order valence-corrected chi connectivity index (χ4v) is 6.98. The van der Waals surface area contributed by atoms with Crippen LogP contribution in [0.2, 0.25) is 0 Å². The van der Waals surface area contributed by atoms with E-state index in [1.165, 1.54) is 101 Å². The molecule has 0 aromatic heterocycles. The SMILES string of the molecule is CCCCC(CC)C[C@H]1CC[C@H](c2ccc(-c3ccc([C@H]4CC[C@H](CC)CC4)cc3)cc2)CC1. The Morgan fingerprint density at radius 2 is 1.09 bits per heavy atom. The summed E-state index contributed by atoms with van der Waals surface area (Å²) < 4.78 is 0. The third kappa shape index (κ3) is 6.77. The highest BCUT2D eigenvalue weighted by atomic mass is 14.3. The molecule has 0 spiro atoms. The number of hydrogen-bond donors (Lipinski definition) is 0. The lowest BCUT2D eigenvalue weighted by Gasteiger charge is -2.31. The number of benzene rings is 2. The summed E-state index contributed by atoms with van der Waals surface area (Å²) in [7, 11) is 0. The molecule has 0 aliphatic heterocycles. The highest BCUT2D eigenvalue weighted by Crippen LogP contribution is 2.40. The second-order valence-electron chi connectivity index (χ2n) is 11.7. The van der Waals surface area contributed by atoms with E-state index in [-0.39, 0.29) is 0 Å². The Balaban J connectivity index is 1.28. The summed E-state index contributed by atoms with van der Waals surface area (Å²) in [5.41, 5.74) is 5.88. The third-order valence-corrected chi connectivity index (χ3v) is 9.58. The van der Waals surface area contributed by atoms with Crippen molar-refractivity contribution >= 4 is 0 Å². The van der Waals surface area contributed by atoms with Crippen LogP contribution >= 0.6 is 0 Å². The maximum atomic E-state index is 2.43. The molecule has 0 N–H and O–H groups in total. The first kappa shape index (κ1) is 25.5. The van der Waals surface area contributed by atoms with Gasteiger partial charge in [-0.3, -0.25) is 0 Å². The molecule has 2 aliphatic carbocycles. The molecule has 186 valence electrons. The zero-order valence-electron chi connectivity index (χ0n) is 22.4. The average molecular weight is 459 g/mol. The lowest BCUT2D eigenvalue weighted by atomic mass is 9.74. The van der Waals surface area contributed by atoms with E-state index in [4.69, 9.17) is 0 Å². The van der Waals surface area contributed by atoms with Gasteiger partial charge in [0.15, 0.2) is 0 Å². The minimum Gasteiger partial charge on any atom is -0.0654 e. The molecule has 34 heavy (non-hydrogen) atoms. The second kappa shape index (κ2) is 12.9. The first-order valence-electron chi connectivity index (χ1n) is 14.9. The molecule has 4 rings (SSSR count). The van der Waals surface area contributed by atoms with Gasteiger partial charge >= 0.3 is 0 Å². The second-order valence-corrected chi connectivity index (χ2v) is 11.7. The molecule has 2 aromatic rings. The maximum Gasteiger partial charge on any atom is -0.0162 e. The van der Waals surface area contributed by atoms with Crippen molar-refractivity contribution in [3.8, 4) is 11.1 Å². The van der Waals surface area contributed by atoms with Gasteiger partial charge < -0.3 is 0 Å². The maximum absolute atomic E-state index is 2.43. The summed E-state index contributed by atoms with van der Waals surface area (Å²) in [6, 6.07) is 19.2. The van der Waals surface area contributed by atoms with E-state index < -0.39 is 0 Å². The highest BCUT2D eigenvalue weighted by Gasteiger charge is 2.24. The van der Waals surface area contributed by atoms with Gasteiger partial charge in [-0.05, 0) is 110 Å². The van der Waals surface area contributed by atoms with Gasteiger partial charge in [0, 0.05) is 0 Å². The fraction of sp³-hybridized carbons (Fsp3) is 0.647. The van der Waals surface area contributed by atoms with Gasteiger partial charge in [-0.15, -0.1) is 0 Å². The van der Waals surface area contributed by atoms with Crippen LogP contribution in [0.3, 0.4) is 0 Å². The van der Waals surface area contributed by atoms with Crippen molar-refractivity contribution < 1.29 is 0 Å². The molecular weight excluding hydrogens is 408 g/mol. The van der Waals surface area contributed by atoms with E-state index in [0.29, 0.717) is 0 Å². The molecule has 0 heteroatoms. The predicted octanol–water partition coefficient (Wildman–Crippen LogP) is 10.9. The summed E-state index contributed by atoms with van der Waals surface area (Å²) in [5, 5.41) is 0. The van der Waals surface area contributed by atoms with Crippen molar-refractivity contribution in [2.75, 3.05) is 0 Å². The minimum atomic E-state index is 0.779. The topological polar surface area (TPSA) is 0 Å². The predicted molar refractivity (Wildman–Crippen MR) is 149 cm³/mol. The molecule has 2 saturated carbocycles. The van der Waals surface area contributed by atoms with Crippen molar-refractivity contribution in [3.05, 3.63) is 59.7 Å². The largest absolute Gasteiger partial charge is 0.0654 e. The van der Waals surface area contributed by atoms with Gasteiger partial charge in [0.1, 0.15) is 0 Å². The first-order valence-corrected chi connectivity index (χ1v) is 14.9. The Hall–Kier alpha value is -1.56. The smallest absolute Gasteiger partial charge is 0.0162 e. The zero-order chi connectivity index (χ0) is 23.8. The molecule has 0 saturated heterocycles. The van der Waals surface area contributed by atoms with Gasteiger partial charge in [0.05, 0.1) is 0 Å². The van der Waals surface area contributed by atoms with E-state index in [0.717, 1.165) is 29.6 Å². The monoisotopic (exact) mass is 458 g/mol. The van der Waals surface area contributed by atoms with Crippen molar-refractivity contribution in [2.45, 2.75) is 122 Å². The van der Waals surface area contributed by atoms with Gasteiger partial charge in [-0.25, -0.2) is 0 Å². The molecule has 0 heterocycles. The van der Waals surface area contributed by atoms with Crippen LogP contribution in [0.15, 0.2) is 48.5 Å². The molecular formula is C34H50. The summed E-state index contributed by atoms with van der Waals surface area (Å²) in [6.07, 6.45) is 19.7. The molecule has 0 radical (unpaired) electrons. The molecule has 0 amide bonds. The Morgan fingerprint density at radius 1 is 0.618 bits per heavy atom. The van der Waals surface area contributed by atoms with Crippen molar-refractivity contribution in [2.24, 2.45) is 17.8 Å². The van der Waals surface area contributed by atoms with Crippen molar-refractivity contribution in [3.63, 3.8) is 0 Å². The van der Waals surface area contributed by atoms with Crippen LogP contribution in [0.4, 0.5) is 0 Å². The van der Waals surface area contributed by atoms with Crippen LogP contribution in [-0.2, 0) is 0 Å². The Bertz CT molecular complexity index is 813. The van der Waals surface area contributed by atoms with E-state index in [1.54, 1.807) is 11.1 Å². The van der Waals surface area contributed by atoms with E-state index in [1.807, 2.05) is 0 Å². The summed E-state index contributed by atoms with van der Waals surface area (Å²) >= 11 is 0. The van der Waals surface area contributed by atoms with Gasteiger partial charge in [0.25, 0.3) is 0 Å². The van der Waals surface area contributed by atoms with Crippen LogP contribution in [0.25, 0.3) is 11.1 Å². The van der Waals surface area contributed by atoms with Crippen LogP contribution in [0, 0.1) is 17.8 Å². The molecule has 0 bridgehead atoms. The van der Waals surface area contributed by atoms with E-state index >= 15 is 0 Å². The number of rotatable bonds is 10.